The summed E-state index contributed by atoms with van der Waals surface area (Å²) in [6, 6.07) is 7.74. The number of amides is 3. The third-order valence-corrected chi connectivity index (χ3v) is 5.64. The number of hydrogen-bond acceptors (Lipinski definition) is 6. The summed E-state index contributed by atoms with van der Waals surface area (Å²) in [6.45, 7) is 8.42. The minimum absolute atomic E-state index is 0.0439. The van der Waals surface area contributed by atoms with Crippen LogP contribution >= 0.6 is 0 Å². The lowest BCUT2D eigenvalue weighted by Crippen LogP contribution is -2.39. The summed E-state index contributed by atoms with van der Waals surface area (Å²) in [6.07, 6.45) is 3.93. The fraction of sp³-hybridized carbons (Fsp3) is 0.520. The Kier molecular flexibility index (Phi) is 8.03. The molecule has 0 radical (unpaired) electrons. The van der Waals surface area contributed by atoms with E-state index in [-0.39, 0.29) is 24.9 Å². The molecule has 0 bridgehead atoms. The summed E-state index contributed by atoms with van der Waals surface area (Å²) in [5.41, 5.74) is 0.407. The highest BCUT2D eigenvalue weighted by Gasteiger charge is 2.50. The fourth-order valence-electron chi connectivity index (χ4n) is 3.29. The van der Waals surface area contributed by atoms with E-state index >= 15 is 0 Å². The van der Waals surface area contributed by atoms with Gasteiger partial charge in [-0.15, -0.1) is 0 Å². The Morgan fingerprint density at radius 3 is 2.49 bits per heavy atom. The maximum atomic E-state index is 12.8. The fourth-order valence-corrected chi connectivity index (χ4v) is 3.29. The van der Waals surface area contributed by atoms with Gasteiger partial charge in [0.2, 0.25) is 11.8 Å². The molecule has 190 valence electrons. The molecule has 1 aromatic carbocycles. The van der Waals surface area contributed by atoms with Crippen molar-refractivity contribution in [3.63, 3.8) is 0 Å². The number of nitrogens with zero attached hydrogens (tertiary/aromatic N) is 3. The van der Waals surface area contributed by atoms with Crippen molar-refractivity contribution in [1.82, 2.24) is 20.0 Å². The van der Waals surface area contributed by atoms with Crippen LogP contribution < -0.4 is 15.4 Å². The number of aryl methyl sites for hydroxylation is 1. The first-order valence-corrected chi connectivity index (χ1v) is 11.7. The molecule has 1 heterocycles. The summed E-state index contributed by atoms with van der Waals surface area (Å²) >= 11 is 0. The van der Waals surface area contributed by atoms with Crippen LogP contribution in [0.25, 0.3) is 0 Å². The predicted molar refractivity (Wildman–Crippen MR) is 131 cm³/mol. The Morgan fingerprint density at radius 2 is 1.86 bits per heavy atom. The first-order valence-electron chi connectivity index (χ1n) is 11.7. The largest absolute Gasteiger partial charge is 0.492 e. The van der Waals surface area contributed by atoms with Gasteiger partial charge in [0, 0.05) is 19.8 Å². The second-order valence-electron chi connectivity index (χ2n) is 9.99. The number of carbonyl (C=O) groups is 3. The molecular weight excluding hydrogens is 450 g/mol. The molecule has 3 amide bonds. The Labute approximate surface area is 206 Å². The first-order chi connectivity index (χ1) is 16.5. The molecule has 0 atom stereocenters. The van der Waals surface area contributed by atoms with Crippen LogP contribution in [0.3, 0.4) is 0 Å². The lowest BCUT2D eigenvalue weighted by molar-refractivity contribution is -0.131. The topological polar surface area (TPSA) is 115 Å². The predicted octanol–water partition coefficient (Wildman–Crippen LogP) is 2.97. The van der Waals surface area contributed by atoms with E-state index in [0.29, 0.717) is 31.7 Å². The van der Waals surface area contributed by atoms with Crippen molar-refractivity contribution in [2.75, 3.05) is 32.1 Å². The average Bonchev–Trinajstić information content (AvgIpc) is 3.46. The molecule has 0 unspecified atom stereocenters. The Morgan fingerprint density at radius 1 is 1.17 bits per heavy atom. The molecular formula is C25H35N5O5. The quantitative estimate of drug-likeness (QED) is 0.535. The highest BCUT2D eigenvalue weighted by Crippen LogP contribution is 2.46. The molecule has 3 rings (SSSR count). The Balaban J connectivity index is 1.42. The molecule has 0 saturated heterocycles. The van der Waals surface area contributed by atoms with E-state index in [4.69, 9.17) is 9.47 Å². The second kappa shape index (κ2) is 10.8. The van der Waals surface area contributed by atoms with Crippen molar-refractivity contribution >= 4 is 23.6 Å². The molecule has 1 aliphatic carbocycles. The molecule has 10 heteroatoms. The number of rotatable bonds is 10. The summed E-state index contributed by atoms with van der Waals surface area (Å²) in [7, 11) is 1.71. The number of anilines is 1. The van der Waals surface area contributed by atoms with Gasteiger partial charge in [-0.1, -0.05) is 17.7 Å². The van der Waals surface area contributed by atoms with E-state index in [2.05, 4.69) is 15.7 Å². The van der Waals surface area contributed by atoms with Gasteiger partial charge in [0.15, 0.2) is 0 Å². The van der Waals surface area contributed by atoms with Crippen molar-refractivity contribution in [2.24, 2.45) is 5.41 Å². The van der Waals surface area contributed by atoms with Gasteiger partial charge >= 0.3 is 6.09 Å². The molecule has 35 heavy (non-hydrogen) atoms. The zero-order valence-electron chi connectivity index (χ0n) is 21.1. The van der Waals surface area contributed by atoms with Crippen LogP contribution in [0.5, 0.6) is 5.75 Å². The van der Waals surface area contributed by atoms with Gasteiger partial charge in [-0.25, -0.2) is 4.79 Å². The van der Waals surface area contributed by atoms with Crippen molar-refractivity contribution in [1.29, 1.82) is 0 Å². The average molecular weight is 486 g/mol. The molecule has 1 saturated carbocycles. The van der Waals surface area contributed by atoms with Crippen molar-refractivity contribution in [3.05, 3.63) is 42.2 Å². The van der Waals surface area contributed by atoms with E-state index in [1.54, 1.807) is 38.9 Å². The number of hydrogen-bond donors (Lipinski definition) is 2. The minimum Gasteiger partial charge on any atom is -0.492 e. The van der Waals surface area contributed by atoms with Gasteiger partial charge < -0.3 is 25.0 Å². The number of benzene rings is 1. The third kappa shape index (κ3) is 8.01. The molecule has 10 nitrogen and oxygen atoms in total. The Hall–Kier alpha value is -3.56. The molecule has 0 spiro atoms. The van der Waals surface area contributed by atoms with E-state index in [1.165, 1.54) is 10.9 Å². The monoisotopic (exact) mass is 485 g/mol. The molecule has 2 N–H and O–H groups in total. The van der Waals surface area contributed by atoms with Gasteiger partial charge in [-0.2, -0.15) is 5.10 Å². The number of aromatic nitrogens is 2. The van der Waals surface area contributed by atoms with Crippen molar-refractivity contribution < 1.29 is 23.9 Å². The zero-order valence-corrected chi connectivity index (χ0v) is 21.1. The van der Waals surface area contributed by atoms with Crippen LogP contribution in [0.4, 0.5) is 10.5 Å². The molecule has 2 aromatic rings. The zero-order chi connectivity index (χ0) is 25.6. The third-order valence-electron chi connectivity index (χ3n) is 5.64. The smallest absolute Gasteiger partial charge is 0.407 e. The van der Waals surface area contributed by atoms with Gasteiger partial charge in [0.25, 0.3) is 0 Å². The first kappa shape index (κ1) is 26.1. The number of ether oxygens (including phenoxy) is 2. The van der Waals surface area contributed by atoms with Crippen LogP contribution in [-0.4, -0.2) is 64.9 Å². The number of alkyl carbamates (subject to hydrolysis) is 1. The number of nitrogens with one attached hydrogen (secondary N) is 2. The van der Waals surface area contributed by atoms with E-state index < -0.39 is 17.1 Å². The number of carbonyl (C=O) groups excluding carboxylic acids is 3. The van der Waals surface area contributed by atoms with Crippen LogP contribution in [0.15, 0.2) is 36.7 Å². The van der Waals surface area contributed by atoms with E-state index in [1.807, 2.05) is 31.2 Å². The normalized spacial score (nSPS) is 14.1. The van der Waals surface area contributed by atoms with Crippen LogP contribution in [0, 0.1) is 12.3 Å². The van der Waals surface area contributed by atoms with Crippen LogP contribution in [0.1, 0.15) is 39.2 Å². The summed E-state index contributed by atoms with van der Waals surface area (Å²) in [5.74, 6) is 0.446. The lowest BCUT2D eigenvalue weighted by Gasteiger charge is -2.21. The summed E-state index contributed by atoms with van der Waals surface area (Å²) in [5, 5.41) is 9.69. The van der Waals surface area contributed by atoms with Gasteiger partial charge in [0.05, 0.1) is 23.8 Å². The molecule has 1 fully saturated rings. The van der Waals surface area contributed by atoms with Gasteiger partial charge in [0.1, 0.15) is 24.5 Å². The van der Waals surface area contributed by atoms with Crippen LogP contribution in [-0.2, 0) is 20.9 Å². The van der Waals surface area contributed by atoms with Crippen molar-refractivity contribution in [3.8, 4) is 5.75 Å². The maximum absolute atomic E-state index is 12.8. The standard InChI is InChI=1S/C25H35N5O5/c1-18-6-8-20(9-7-18)34-13-12-29(5)21(31)16-30-15-19(14-27-30)28-22(32)25(10-11-25)17-26-23(33)35-24(2,3)4/h6-9,14-15H,10-13,16-17H2,1-5H3,(H,26,33)(H,28,32). The van der Waals surface area contributed by atoms with E-state index in [9.17, 15) is 14.4 Å². The molecule has 1 aliphatic rings. The summed E-state index contributed by atoms with van der Waals surface area (Å²) in [4.78, 5) is 38.8. The van der Waals surface area contributed by atoms with Gasteiger partial charge in [-0.05, 0) is 52.7 Å². The SMILES string of the molecule is Cc1ccc(OCCN(C)C(=O)Cn2cc(NC(=O)C3(CNC(=O)OC(C)(C)C)CC3)cn2)cc1. The van der Waals surface area contributed by atoms with E-state index in [0.717, 1.165) is 11.3 Å². The highest BCUT2D eigenvalue weighted by molar-refractivity contribution is 5.97. The van der Waals surface area contributed by atoms with Crippen LogP contribution in [0.2, 0.25) is 0 Å². The molecule has 1 aromatic heterocycles. The van der Waals surface area contributed by atoms with Crippen molar-refractivity contribution in [2.45, 2.75) is 52.7 Å². The maximum Gasteiger partial charge on any atom is 0.407 e. The Bertz CT molecular complexity index is 1040. The second-order valence-corrected chi connectivity index (χ2v) is 9.99. The lowest BCUT2D eigenvalue weighted by atomic mass is 10.1. The minimum atomic E-state index is -0.646. The number of likely N-dealkylation sites (N-methyl/N-ethyl adjacent to an activating group) is 1. The van der Waals surface area contributed by atoms with Gasteiger partial charge in [-0.3, -0.25) is 14.3 Å². The summed E-state index contributed by atoms with van der Waals surface area (Å²) < 4.78 is 12.4. The molecule has 0 aliphatic heterocycles. The highest BCUT2D eigenvalue weighted by atomic mass is 16.6.